The highest BCUT2D eigenvalue weighted by Gasteiger charge is 2.41. The van der Waals surface area contributed by atoms with Crippen LogP contribution in [0.2, 0.25) is 0 Å². The lowest BCUT2D eigenvalue weighted by Gasteiger charge is -2.22. The zero-order valence-electron chi connectivity index (χ0n) is 23.2. The molecule has 3 aromatic heterocycles. The molecule has 0 spiro atoms. The molecular formula is C39H25NOS. The molecule has 0 atom stereocenters. The standard InChI is InChI=1S/C39H25NOS/c1-39(2)28-15-7-3-12-24(28)33-34-25-13-4-8-16-29(25)40(22-19-20-32-27(21-22)23-11-6-10-18-31(23)42-32)37(34)35-26-14-5-9-17-30(26)41-38(35)36(33)39/h3-21H,1-2H3. The maximum atomic E-state index is 6.86. The van der Waals surface area contributed by atoms with Gasteiger partial charge in [0.25, 0.3) is 0 Å². The molecule has 0 amide bonds. The van der Waals surface area contributed by atoms with Gasteiger partial charge in [0.1, 0.15) is 11.2 Å². The van der Waals surface area contributed by atoms with Crippen LogP contribution in [0.1, 0.15) is 25.0 Å². The number of para-hydroxylation sites is 2. The molecule has 3 heteroatoms. The Morgan fingerprint density at radius 2 is 1.36 bits per heavy atom. The number of hydrogen-bond acceptors (Lipinski definition) is 2. The first-order valence-corrected chi connectivity index (χ1v) is 15.4. The smallest absolute Gasteiger partial charge is 0.142 e. The van der Waals surface area contributed by atoms with E-state index in [1.54, 1.807) is 0 Å². The largest absolute Gasteiger partial charge is 0.456 e. The third-order valence-electron chi connectivity index (χ3n) is 9.55. The van der Waals surface area contributed by atoms with Crippen molar-refractivity contribution in [1.82, 2.24) is 4.57 Å². The summed E-state index contributed by atoms with van der Waals surface area (Å²) in [6.07, 6.45) is 0. The average Bonchev–Trinajstić information content (AvgIpc) is 3.74. The lowest BCUT2D eigenvalue weighted by molar-refractivity contribution is 0.620. The average molecular weight is 556 g/mol. The molecule has 198 valence electrons. The van der Waals surface area contributed by atoms with Gasteiger partial charge in [-0.15, -0.1) is 11.3 Å². The van der Waals surface area contributed by atoms with Gasteiger partial charge >= 0.3 is 0 Å². The molecule has 0 fully saturated rings. The normalized spacial score (nSPS) is 14.1. The summed E-state index contributed by atoms with van der Waals surface area (Å²) < 4.78 is 12.0. The Morgan fingerprint density at radius 3 is 2.26 bits per heavy atom. The highest BCUT2D eigenvalue weighted by molar-refractivity contribution is 7.25. The van der Waals surface area contributed by atoms with E-state index in [0.29, 0.717) is 0 Å². The molecule has 3 heterocycles. The van der Waals surface area contributed by atoms with Crippen molar-refractivity contribution in [3.8, 4) is 16.8 Å². The van der Waals surface area contributed by atoms with Crippen LogP contribution in [0.15, 0.2) is 120 Å². The van der Waals surface area contributed by atoms with E-state index in [0.717, 1.165) is 16.6 Å². The number of rotatable bonds is 1. The molecule has 0 bridgehead atoms. The molecule has 0 saturated heterocycles. The summed E-state index contributed by atoms with van der Waals surface area (Å²) in [5.74, 6) is 0. The molecule has 0 aliphatic heterocycles. The van der Waals surface area contributed by atoms with Crippen molar-refractivity contribution in [1.29, 1.82) is 0 Å². The molecule has 6 aromatic carbocycles. The van der Waals surface area contributed by atoms with Crippen LogP contribution in [0.25, 0.3) is 80.7 Å². The van der Waals surface area contributed by atoms with Gasteiger partial charge in [0.05, 0.1) is 16.4 Å². The molecular weight excluding hydrogens is 531 g/mol. The first kappa shape index (κ1) is 22.8. The van der Waals surface area contributed by atoms with Crippen LogP contribution < -0.4 is 0 Å². The molecule has 2 nitrogen and oxygen atoms in total. The highest BCUT2D eigenvalue weighted by atomic mass is 32.1. The van der Waals surface area contributed by atoms with Gasteiger partial charge < -0.3 is 8.98 Å². The fourth-order valence-corrected chi connectivity index (χ4v) is 8.88. The van der Waals surface area contributed by atoms with Gasteiger partial charge in [0.2, 0.25) is 0 Å². The molecule has 0 unspecified atom stereocenters. The van der Waals surface area contributed by atoms with Gasteiger partial charge in [-0.2, -0.15) is 0 Å². The van der Waals surface area contributed by atoms with E-state index >= 15 is 0 Å². The van der Waals surface area contributed by atoms with Crippen LogP contribution in [0.4, 0.5) is 0 Å². The zero-order valence-corrected chi connectivity index (χ0v) is 24.0. The molecule has 0 N–H and O–H groups in total. The zero-order chi connectivity index (χ0) is 27.7. The predicted molar refractivity (Wildman–Crippen MR) is 179 cm³/mol. The summed E-state index contributed by atoms with van der Waals surface area (Å²) in [5, 5.41) is 7.58. The highest BCUT2D eigenvalue weighted by Crippen LogP contribution is 2.57. The van der Waals surface area contributed by atoms with Crippen molar-refractivity contribution in [3.63, 3.8) is 0 Å². The van der Waals surface area contributed by atoms with E-state index in [9.17, 15) is 0 Å². The molecule has 0 radical (unpaired) electrons. The second-order valence-corrected chi connectivity index (χ2v) is 13.2. The number of hydrogen-bond donors (Lipinski definition) is 0. The second kappa shape index (κ2) is 7.70. The Morgan fingerprint density at radius 1 is 0.643 bits per heavy atom. The number of benzene rings is 6. The van der Waals surface area contributed by atoms with Gasteiger partial charge in [-0.1, -0.05) is 92.7 Å². The third-order valence-corrected chi connectivity index (χ3v) is 10.7. The van der Waals surface area contributed by atoms with Gasteiger partial charge in [-0.05, 0) is 53.1 Å². The molecule has 42 heavy (non-hydrogen) atoms. The second-order valence-electron chi connectivity index (χ2n) is 12.1. The van der Waals surface area contributed by atoms with E-state index in [-0.39, 0.29) is 5.41 Å². The first-order valence-electron chi connectivity index (χ1n) is 14.5. The van der Waals surface area contributed by atoms with E-state index in [1.807, 2.05) is 11.3 Å². The minimum Gasteiger partial charge on any atom is -0.456 e. The fourth-order valence-electron chi connectivity index (χ4n) is 7.79. The Balaban J connectivity index is 1.49. The van der Waals surface area contributed by atoms with E-state index in [2.05, 4.69) is 134 Å². The lowest BCUT2D eigenvalue weighted by atomic mass is 9.81. The van der Waals surface area contributed by atoms with Crippen molar-refractivity contribution >= 4 is 75.3 Å². The summed E-state index contributed by atoms with van der Waals surface area (Å²) in [5.41, 5.74) is 10.6. The maximum absolute atomic E-state index is 6.86. The third kappa shape index (κ3) is 2.66. The van der Waals surface area contributed by atoms with Crippen LogP contribution in [-0.2, 0) is 5.41 Å². The van der Waals surface area contributed by atoms with Crippen molar-refractivity contribution in [2.24, 2.45) is 0 Å². The minimum atomic E-state index is -0.191. The van der Waals surface area contributed by atoms with Crippen LogP contribution in [0.5, 0.6) is 0 Å². The summed E-state index contributed by atoms with van der Waals surface area (Å²) in [6, 6.07) is 42.1. The fraction of sp³-hybridized carbons (Fsp3) is 0.0769. The lowest BCUT2D eigenvalue weighted by Crippen LogP contribution is -2.15. The molecule has 0 saturated carbocycles. The summed E-state index contributed by atoms with van der Waals surface area (Å²) in [4.78, 5) is 0. The van der Waals surface area contributed by atoms with Gasteiger partial charge in [-0.25, -0.2) is 0 Å². The van der Waals surface area contributed by atoms with Gasteiger partial charge in [0, 0.05) is 53.0 Å². The van der Waals surface area contributed by atoms with Crippen LogP contribution >= 0.6 is 11.3 Å². The Labute approximate surface area is 246 Å². The van der Waals surface area contributed by atoms with E-state index < -0.39 is 0 Å². The van der Waals surface area contributed by atoms with Gasteiger partial charge in [-0.3, -0.25) is 0 Å². The molecule has 9 aromatic rings. The predicted octanol–water partition coefficient (Wildman–Crippen LogP) is 11.4. The quantitative estimate of drug-likeness (QED) is 0.197. The minimum absolute atomic E-state index is 0.191. The monoisotopic (exact) mass is 555 g/mol. The number of furan rings is 1. The van der Waals surface area contributed by atoms with E-state index in [4.69, 9.17) is 4.42 Å². The maximum Gasteiger partial charge on any atom is 0.142 e. The number of thiophene rings is 1. The van der Waals surface area contributed by atoms with Crippen LogP contribution in [0.3, 0.4) is 0 Å². The van der Waals surface area contributed by atoms with Gasteiger partial charge in [0.15, 0.2) is 0 Å². The topological polar surface area (TPSA) is 18.1 Å². The number of fused-ring (bicyclic) bond motifs is 15. The summed E-state index contributed by atoms with van der Waals surface area (Å²) in [6.45, 7) is 4.70. The molecule has 1 aliphatic carbocycles. The first-order chi connectivity index (χ1) is 20.6. The Bertz CT molecular complexity index is 2610. The summed E-state index contributed by atoms with van der Waals surface area (Å²) in [7, 11) is 0. The van der Waals surface area contributed by atoms with Crippen molar-refractivity contribution in [2.45, 2.75) is 19.3 Å². The van der Waals surface area contributed by atoms with E-state index in [1.165, 1.54) is 75.3 Å². The van der Waals surface area contributed by atoms with Crippen LogP contribution in [-0.4, -0.2) is 4.57 Å². The number of nitrogens with zero attached hydrogens (tertiary/aromatic N) is 1. The molecule has 1 aliphatic rings. The van der Waals surface area contributed by atoms with Crippen LogP contribution in [0, 0.1) is 0 Å². The van der Waals surface area contributed by atoms with Crippen molar-refractivity contribution < 1.29 is 4.42 Å². The Hall–Kier alpha value is -4.86. The molecule has 10 rings (SSSR count). The van der Waals surface area contributed by atoms with Crippen molar-refractivity contribution in [3.05, 3.63) is 126 Å². The summed E-state index contributed by atoms with van der Waals surface area (Å²) >= 11 is 1.86. The Kier molecular flexibility index (Phi) is 4.18. The number of aromatic nitrogens is 1. The van der Waals surface area contributed by atoms with Crippen molar-refractivity contribution in [2.75, 3.05) is 0 Å². The SMILES string of the molecule is CC1(C)c2ccccc2-c2c1c1oc3ccccc3c1c1c2c2ccccc2n1-c1ccc2sc3ccccc3c2c1.